The maximum Gasteiger partial charge on any atom is 0.243 e. The van der Waals surface area contributed by atoms with Crippen LogP contribution in [0.2, 0.25) is 0 Å². The number of rotatable bonds is 3. The van der Waals surface area contributed by atoms with Crippen molar-refractivity contribution < 1.29 is 13.9 Å². The van der Waals surface area contributed by atoms with Gasteiger partial charge < -0.3 is 9.64 Å². The molecule has 0 N–H and O–H groups in total. The Balaban J connectivity index is 1.78. The van der Waals surface area contributed by atoms with Gasteiger partial charge >= 0.3 is 0 Å². The average Bonchev–Trinajstić information content (AvgIpc) is 2.67. The molecule has 2 fully saturated rings. The van der Waals surface area contributed by atoms with Crippen molar-refractivity contribution in [2.24, 2.45) is 5.41 Å². The van der Waals surface area contributed by atoms with E-state index in [2.05, 4.69) is 6.07 Å². The highest BCUT2D eigenvalue weighted by molar-refractivity contribution is 5.85. The minimum Gasteiger partial charge on any atom is -0.497 e. The molecule has 134 valence electrons. The third kappa shape index (κ3) is 3.63. The second-order valence-electron chi connectivity index (χ2n) is 7.27. The van der Waals surface area contributed by atoms with Crippen molar-refractivity contribution >= 4 is 5.91 Å². The Morgan fingerprint density at radius 2 is 2.04 bits per heavy atom. The van der Waals surface area contributed by atoms with Crippen LogP contribution < -0.4 is 4.74 Å². The van der Waals surface area contributed by atoms with E-state index >= 15 is 0 Å². The van der Waals surface area contributed by atoms with E-state index in [1.54, 1.807) is 0 Å². The monoisotopic (exact) mass is 344 g/mol. The fourth-order valence-corrected chi connectivity index (χ4v) is 4.20. The minimum absolute atomic E-state index is 0.0252. The number of methoxy groups -OCH3 is 1. The Labute approximate surface area is 148 Å². The summed E-state index contributed by atoms with van der Waals surface area (Å²) in [6.45, 7) is 1.24. The molecular weight excluding hydrogens is 319 g/mol. The maximum absolute atomic E-state index is 13.8. The molecule has 25 heavy (non-hydrogen) atoms. The van der Waals surface area contributed by atoms with Gasteiger partial charge in [0.15, 0.2) is 0 Å². The second-order valence-corrected chi connectivity index (χ2v) is 7.27. The number of nitrogens with zero attached hydrogens (tertiary/aromatic N) is 2. The predicted octanol–water partition coefficient (Wildman–Crippen LogP) is 4.01. The summed E-state index contributed by atoms with van der Waals surface area (Å²) in [7, 11) is 1.52. The number of hydrogen-bond donors (Lipinski definition) is 0. The van der Waals surface area contributed by atoms with Crippen LogP contribution in [0.1, 0.15) is 56.4 Å². The van der Waals surface area contributed by atoms with Crippen LogP contribution in [0.25, 0.3) is 0 Å². The van der Waals surface area contributed by atoms with Crippen molar-refractivity contribution in [1.29, 1.82) is 5.26 Å². The minimum atomic E-state index is -0.847. The molecule has 0 spiro atoms. The number of halogens is 1. The molecule has 1 saturated heterocycles. The van der Waals surface area contributed by atoms with Gasteiger partial charge in [0.25, 0.3) is 0 Å². The number of hydrogen-bond acceptors (Lipinski definition) is 3. The molecule has 1 aromatic carbocycles. The van der Waals surface area contributed by atoms with Crippen molar-refractivity contribution in [1.82, 2.24) is 4.90 Å². The molecule has 0 aromatic heterocycles. The van der Waals surface area contributed by atoms with Crippen LogP contribution in [0.3, 0.4) is 0 Å². The molecule has 1 saturated carbocycles. The summed E-state index contributed by atoms with van der Waals surface area (Å²) >= 11 is 0. The van der Waals surface area contributed by atoms with Gasteiger partial charge in [-0.15, -0.1) is 0 Å². The van der Waals surface area contributed by atoms with E-state index in [-0.39, 0.29) is 17.6 Å². The fourth-order valence-electron chi connectivity index (χ4n) is 4.20. The normalized spacial score (nSPS) is 22.9. The lowest BCUT2D eigenvalue weighted by Crippen LogP contribution is -2.48. The smallest absolute Gasteiger partial charge is 0.243 e. The summed E-state index contributed by atoms with van der Waals surface area (Å²) in [5.74, 6) is 0.238. The summed E-state index contributed by atoms with van der Waals surface area (Å²) in [6.07, 6.45) is 6.10. The van der Waals surface area contributed by atoms with E-state index < -0.39 is 5.41 Å². The Hall–Kier alpha value is -2.09. The first-order chi connectivity index (χ1) is 12.1. The zero-order valence-electron chi connectivity index (χ0n) is 14.8. The van der Waals surface area contributed by atoms with Crippen LogP contribution in [-0.2, 0) is 4.79 Å². The molecule has 0 radical (unpaired) electrons. The number of amides is 1. The zero-order chi connectivity index (χ0) is 17.9. The topological polar surface area (TPSA) is 53.3 Å². The molecule has 1 amide bonds. The number of nitriles is 1. The van der Waals surface area contributed by atoms with E-state index in [1.165, 1.54) is 19.2 Å². The number of benzene rings is 1. The van der Waals surface area contributed by atoms with Crippen LogP contribution in [0, 0.1) is 22.6 Å². The van der Waals surface area contributed by atoms with Gasteiger partial charge in [-0.05, 0) is 43.4 Å². The van der Waals surface area contributed by atoms with Crippen molar-refractivity contribution in [2.45, 2.75) is 50.9 Å². The van der Waals surface area contributed by atoms with Crippen LogP contribution in [-0.4, -0.2) is 31.0 Å². The first-order valence-corrected chi connectivity index (χ1v) is 9.13. The van der Waals surface area contributed by atoms with Gasteiger partial charge in [-0.1, -0.05) is 19.3 Å². The van der Waals surface area contributed by atoms with Crippen LogP contribution in [0.15, 0.2) is 18.2 Å². The summed E-state index contributed by atoms with van der Waals surface area (Å²) in [6, 6.07) is 7.07. The Kier molecular flexibility index (Phi) is 5.27. The molecule has 1 unspecified atom stereocenters. The summed E-state index contributed by atoms with van der Waals surface area (Å²) in [5, 5.41) is 9.67. The van der Waals surface area contributed by atoms with Gasteiger partial charge in [-0.25, -0.2) is 4.39 Å². The highest BCUT2D eigenvalue weighted by Gasteiger charge is 2.43. The Morgan fingerprint density at radius 1 is 1.28 bits per heavy atom. The van der Waals surface area contributed by atoms with Crippen LogP contribution >= 0.6 is 0 Å². The number of ether oxygens (including phenoxy) is 1. The third-order valence-corrected chi connectivity index (χ3v) is 5.64. The van der Waals surface area contributed by atoms with Gasteiger partial charge in [0.1, 0.15) is 17.0 Å². The molecule has 3 rings (SSSR count). The van der Waals surface area contributed by atoms with Crippen molar-refractivity contribution in [2.75, 3.05) is 20.2 Å². The van der Waals surface area contributed by atoms with Gasteiger partial charge in [0.05, 0.1) is 13.2 Å². The van der Waals surface area contributed by atoms with Gasteiger partial charge in [-0.3, -0.25) is 4.79 Å². The highest BCUT2D eigenvalue weighted by atomic mass is 19.1. The summed E-state index contributed by atoms with van der Waals surface area (Å²) in [4.78, 5) is 14.9. The average molecular weight is 344 g/mol. The molecule has 1 aromatic rings. The lowest BCUT2D eigenvalue weighted by Gasteiger charge is -2.39. The molecule has 4 nitrogen and oxygen atoms in total. The first kappa shape index (κ1) is 17.7. The van der Waals surface area contributed by atoms with Crippen molar-refractivity contribution in [3.63, 3.8) is 0 Å². The SMILES string of the molecule is COc1cc(F)cc(C2CCCN(C(=O)C3(C#N)CCCCC3)C2)c1. The van der Waals surface area contributed by atoms with Crippen LogP contribution in [0.4, 0.5) is 4.39 Å². The largest absolute Gasteiger partial charge is 0.497 e. The van der Waals surface area contributed by atoms with E-state index in [1.807, 2.05) is 11.0 Å². The summed E-state index contributed by atoms with van der Waals surface area (Å²) < 4.78 is 19.0. The van der Waals surface area contributed by atoms with E-state index in [0.29, 0.717) is 31.7 Å². The third-order valence-electron chi connectivity index (χ3n) is 5.64. The molecule has 1 atom stereocenters. The number of likely N-dealkylation sites (tertiary alicyclic amines) is 1. The maximum atomic E-state index is 13.8. The van der Waals surface area contributed by atoms with Gasteiger partial charge in [0.2, 0.25) is 5.91 Å². The molecule has 5 heteroatoms. The lowest BCUT2D eigenvalue weighted by atomic mass is 9.73. The van der Waals surface area contributed by atoms with E-state index in [4.69, 9.17) is 4.74 Å². The quantitative estimate of drug-likeness (QED) is 0.832. The van der Waals surface area contributed by atoms with Gasteiger partial charge in [-0.2, -0.15) is 5.26 Å². The first-order valence-electron chi connectivity index (χ1n) is 9.13. The predicted molar refractivity (Wildman–Crippen MR) is 92.6 cm³/mol. The Bertz CT molecular complexity index is 677. The second kappa shape index (κ2) is 7.43. The molecule has 1 heterocycles. The van der Waals surface area contributed by atoms with Crippen molar-refractivity contribution in [3.8, 4) is 11.8 Å². The Morgan fingerprint density at radius 3 is 2.72 bits per heavy atom. The van der Waals surface area contributed by atoms with E-state index in [0.717, 1.165) is 37.7 Å². The molecule has 1 aliphatic heterocycles. The van der Waals surface area contributed by atoms with Crippen molar-refractivity contribution in [3.05, 3.63) is 29.6 Å². The number of carbonyl (C=O) groups is 1. The van der Waals surface area contributed by atoms with Gasteiger partial charge in [0, 0.05) is 25.1 Å². The zero-order valence-corrected chi connectivity index (χ0v) is 14.8. The standard InChI is InChI=1S/C20H25FN2O2/c1-25-18-11-16(10-17(21)12-18)15-6-5-9-23(13-15)19(24)20(14-22)7-3-2-4-8-20/h10-12,15H,2-9,13H2,1H3. The molecular formula is C20H25FN2O2. The fraction of sp³-hybridized carbons (Fsp3) is 0.600. The molecule has 0 bridgehead atoms. The summed E-state index contributed by atoms with van der Waals surface area (Å²) in [5.41, 5.74) is 0.0174. The van der Waals surface area contributed by atoms with E-state index in [9.17, 15) is 14.4 Å². The lowest BCUT2D eigenvalue weighted by molar-refractivity contribution is -0.141. The number of carbonyl (C=O) groups excluding carboxylic acids is 1. The highest BCUT2D eigenvalue weighted by Crippen LogP contribution is 2.39. The molecule has 2 aliphatic rings. The van der Waals surface area contributed by atoms with Crippen LogP contribution in [0.5, 0.6) is 5.75 Å². The number of piperidine rings is 1. The molecule has 1 aliphatic carbocycles.